The second-order valence-electron chi connectivity index (χ2n) is 28.1. The second kappa shape index (κ2) is 78.8. The lowest BCUT2D eigenvalue weighted by molar-refractivity contribution is -0.161. The second-order valence-corrected chi connectivity index (χ2v) is 31.0. The SMILES string of the molecule is CC/C=C\C/C=C\C/C=C\C/C=C\C/C=C\CCCCCC(=O)OC[C@H](COP(=O)(O)OC[C@@H](O)COP(=O)(O)OC[C@@H](COC(=O)CCCCCCCCCCCCCCCCC)OC(=O)CCCCCCCCCCCCCCCCC)OC(=O)CCC/C=C\C/C=C\C/C=C\C/C=C\CCCCC. The van der Waals surface area contributed by atoms with Gasteiger partial charge in [0.25, 0.3) is 0 Å². The van der Waals surface area contributed by atoms with Gasteiger partial charge in [0.2, 0.25) is 0 Å². The van der Waals surface area contributed by atoms with Crippen LogP contribution < -0.4 is 0 Å². The maximum Gasteiger partial charge on any atom is 0.472 e. The van der Waals surface area contributed by atoms with Crippen LogP contribution in [-0.2, 0) is 65.4 Å². The maximum absolute atomic E-state index is 13.1. The minimum absolute atomic E-state index is 0.0106. The van der Waals surface area contributed by atoms with Gasteiger partial charge in [0.05, 0.1) is 26.4 Å². The Morgan fingerprint density at radius 3 is 0.811 bits per heavy atom. The van der Waals surface area contributed by atoms with Gasteiger partial charge in [-0.2, -0.15) is 0 Å². The van der Waals surface area contributed by atoms with Crippen LogP contribution in [0.4, 0.5) is 0 Å². The molecule has 0 aromatic heterocycles. The lowest BCUT2D eigenvalue weighted by Gasteiger charge is -2.21. The summed E-state index contributed by atoms with van der Waals surface area (Å²) >= 11 is 0. The van der Waals surface area contributed by atoms with Gasteiger partial charge < -0.3 is 33.8 Å². The molecule has 5 atom stereocenters. The molecule has 19 heteroatoms. The number of hydrogen-bond acceptors (Lipinski definition) is 15. The summed E-state index contributed by atoms with van der Waals surface area (Å²) in [5.41, 5.74) is 0. The zero-order valence-electron chi connectivity index (χ0n) is 67.1. The molecule has 0 fully saturated rings. The first-order chi connectivity index (χ1) is 51.7. The zero-order chi connectivity index (χ0) is 77.4. The molecule has 0 aliphatic rings. The number of aliphatic hydroxyl groups is 1. The molecule has 612 valence electrons. The molecule has 0 saturated heterocycles. The molecule has 0 heterocycles. The fourth-order valence-corrected chi connectivity index (χ4v) is 12.9. The Morgan fingerprint density at radius 1 is 0.274 bits per heavy atom. The van der Waals surface area contributed by atoms with Crippen molar-refractivity contribution in [2.45, 2.75) is 380 Å². The first-order valence-corrected chi connectivity index (χ1v) is 45.1. The topological polar surface area (TPSA) is 237 Å². The van der Waals surface area contributed by atoms with E-state index in [1.807, 2.05) is 12.2 Å². The largest absolute Gasteiger partial charge is 0.472 e. The number of esters is 4. The van der Waals surface area contributed by atoms with Crippen molar-refractivity contribution in [3.05, 3.63) is 109 Å². The first-order valence-electron chi connectivity index (χ1n) is 42.1. The molecule has 0 bridgehead atoms. The van der Waals surface area contributed by atoms with Gasteiger partial charge in [-0.3, -0.25) is 37.3 Å². The molecule has 17 nitrogen and oxygen atoms in total. The number of aliphatic hydroxyl groups excluding tert-OH is 1. The van der Waals surface area contributed by atoms with Gasteiger partial charge in [-0.1, -0.05) is 336 Å². The monoisotopic (exact) mass is 1530 g/mol. The Kier molecular flexibility index (Phi) is 75.6. The van der Waals surface area contributed by atoms with Gasteiger partial charge in [-0.15, -0.1) is 0 Å². The summed E-state index contributed by atoms with van der Waals surface area (Å²) in [6.45, 7) is 4.70. The maximum atomic E-state index is 13.1. The van der Waals surface area contributed by atoms with Crippen LogP contribution in [0, 0.1) is 0 Å². The molecule has 3 N–H and O–H groups in total. The van der Waals surface area contributed by atoms with E-state index >= 15 is 0 Å². The van der Waals surface area contributed by atoms with Crippen molar-refractivity contribution in [3.8, 4) is 0 Å². The van der Waals surface area contributed by atoms with Crippen molar-refractivity contribution in [2.24, 2.45) is 0 Å². The van der Waals surface area contributed by atoms with E-state index in [1.165, 1.54) is 154 Å². The molecule has 0 aromatic rings. The van der Waals surface area contributed by atoms with Gasteiger partial charge in [0.15, 0.2) is 12.2 Å². The van der Waals surface area contributed by atoms with Crippen LogP contribution in [0.2, 0.25) is 0 Å². The molecule has 0 amide bonds. The lowest BCUT2D eigenvalue weighted by atomic mass is 10.0. The molecule has 0 aliphatic heterocycles. The highest BCUT2D eigenvalue weighted by atomic mass is 31.2. The number of phosphoric acid groups is 2. The Bertz CT molecular complexity index is 2430. The number of carbonyl (C=O) groups excluding carboxylic acids is 4. The van der Waals surface area contributed by atoms with Crippen molar-refractivity contribution < 1.29 is 80.2 Å². The third-order valence-electron chi connectivity index (χ3n) is 17.8. The standard InChI is InChI=1S/C87H152O17P2/c1-5-9-13-17-21-25-29-33-37-39-40-42-45-48-52-56-60-64-68-72-85(90)98-78-83(104-87(92)74-70-66-62-58-54-50-46-41-38-34-30-26-22-18-14-10-6-2)80-102-106(95,96)100-76-81(88)75-99-105(93,94)101-79-82(103-86(91)73-69-65-61-57-53-49-44-36-32-28-24-20-16-12-8-4)77-97-84(89)71-67-63-59-55-51-47-43-35-31-27-23-19-15-11-7-3/h9,13,21-22,25-26,33-34,37-38,40,42,46,48,50,52,58,62,81-83,88H,5-8,10-12,14-20,23-24,27-32,35-36,39,41,43-45,47,49,51,53-57,59-61,63-80H2,1-4H3,(H,93,94)(H,95,96)/b13-9-,25-21-,26-22-,37-33-,38-34-,42-40-,50-46-,52-48-,62-58-/t81-,82+,83+/m0/s1. The summed E-state index contributed by atoms with van der Waals surface area (Å²) in [5, 5.41) is 10.7. The predicted molar refractivity (Wildman–Crippen MR) is 436 cm³/mol. The summed E-state index contributed by atoms with van der Waals surface area (Å²) < 4.78 is 68.7. The molecule has 0 rings (SSSR count). The third-order valence-corrected chi connectivity index (χ3v) is 19.7. The van der Waals surface area contributed by atoms with Crippen LogP contribution in [-0.4, -0.2) is 96.7 Å². The molecule has 0 radical (unpaired) electrons. The molecule has 106 heavy (non-hydrogen) atoms. The normalized spacial score (nSPS) is 14.4. The summed E-state index contributed by atoms with van der Waals surface area (Å²) in [4.78, 5) is 73.1. The van der Waals surface area contributed by atoms with E-state index in [-0.39, 0.29) is 25.7 Å². The lowest BCUT2D eigenvalue weighted by Crippen LogP contribution is -2.30. The van der Waals surface area contributed by atoms with Crippen molar-refractivity contribution in [2.75, 3.05) is 39.6 Å². The molecule has 0 spiro atoms. The van der Waals surface area contributed by atoms with E-state index in [0.717, 1.165) is 122 Å². The Labute approximate surface area is 645 Å². The van der Waals surface area contributed by atoms with Crippen LogP contribution in [0.15, 0.2) is 109 Å². The average molecular weight is 1530 g/mol. The van der Waals surface area contributed by atoms with E-state index < -0.39 is 97.5 Å². The molecule has 0 aliphatic carbocycles. The molecule has 2 unspecified atom stereocenters. The fraction of sp³-hybridized carbons (Fsp3) is 0.747. The summed E-state index contributed by atoms with van der Waals surface area (Å²) in [6.07, 6.45) is 86.3. The van der Waals surface area contributed by atoms with Crippen LogP contribution in [0.3, 0.4) is 0 Å². The van der Waals surface area contributed by atoms with Crippen LogP contribution >= 0.6 is 15.6 Å². The van der Waals surface area contributed by atoms with E-state index in [0.29, 0.717) is 32.1 Å². The number of ether oxygens (including phenoxy) is 4. The molecule has 0 saturated carbocycles. The molecular weight excluding hydrogens is 1380 g/mol. The minimum Gasteiger partial charge on any atom is -0.462 e. The summed E-state index contributed by atoms with van der Waals surface area (Å²) in [6, 6.07) is 0. The van der Waals surface area contributed by atoms with E-state index in [1.54, 1.807) is 0 Å². The van der Waals surface area contributed by atoms with Crippen molar-refractivity contribution >= 4 is 39.5 Å². The van der Waals surface area contributed by atoms with Crippen molar-refractivity contribution in [3.63, 3.8) is 0 Å². The predicted octanol–water partition coefficient (Wildman–Crippen LogP) is 24.9. The van der Waals surface area contributed by atoms with E-state index in [2.05, 4.69) is 125 Å². The van der Waals surface area contributed by atoms with Gasteiger partial charge in [0.1, 0.15) is 19.3 Å². The van der Waals surface area contributed by atoms with Crippen LogP contribution in [0.25, 0.3) is 0 Å². The van der Waals surface area contributed by atoms with Crippen LogP contribution in [0.1, 0.15) is 362 Å². The molecule has 0 aromatic carbocycles. The first kappa shape index (κ1) is 102. The highest BCUT2D eigenvalue weighted by Gasteiger charge is 2.30. The quantitative estimate of drug-likeness (QED) is 0.0169. The smallest absolute Gasteiger partial charge is 0.462 e. The fourth-order valence-electron chi connectivity index (χ4n) is 11.4. The highest BCUT2D eigenvalue weighted by molar-refractivity contribution is 7.47. The van der Waals surface area contributed by atoms with E-state index in [9.17, 15) is 43.2 Å². The highest BCUT2D eigenvalue weighted by Crippen LogP contribution is 2.45. The van der Waals surface area contributed by atoms with Crippen molar-refractivity contribution in [1.82, 2.24) is 0 Å². The number of hydrogen-bond donors (Lipinski definition) is 3. The van der Waals surface area contributed by atoms with Gasteiger partial charge in [-0.05, 0) is 109 Å². The number of allylic oxidation sites excluding steroid dienone is 18. The number of rotatable bonds is 79. The summed E-state index contributed by atoms with van der Waals surface area (Å²) in [7, 11) is -9.98. The number of unbranched alkanes of at least 4 members (excludes halogenated alkanes) is 35. The van der Waals surface area contributed by atoms with Gasteiger partial charge in [0, 0.05) is 25.7 Å². The number of carbonyl (C=O) groups is 4. The van der Waals surface area contributed by atoms with Gasteiger partial charge >= 0.3 is 39.5 Å². The Morgan fingerprint density at radius 2 is 0.500 bits per heavy atom. The Hall–Kier alpha value is -4.28. The number of phosphoric ester groups is 2. The Balaban J connectivity index is 5.43. The van der Waals surface area contributed by atoms with Crippen LogP contribution in [0.5, 0.6) is 0 Å². The third kappa shape index (κ3) is 77.9. The molecular formula is C87H152O17P2. The summed E-state index contributed by atoms with van der Waals surface area (Å²) in [5.74, 6) is -2.25. The van der Waals surface area contributed by atoms with Gasteiger partial charge in [-0.25, -0.2) is 9.13 Å². The minimum atomic E-state index is -5.00. The van der Waals surface area contributed by atoms with Crippen molar-refractivity contribution in [1.29, 1.82) is 0 Å². The zero-order valence-corrected chi connectivity index (χ0v) is 68.9. The van der Waals surface area contributed by atoms with E-state index in [4.69, 9.17) is 37.0 Å². The average Bonchev–Trinajstić information content (AvgIpc) is 0.902.